The van der Waals surface area contributed by atoms with Gasteiger partial charge in [-0.05, 0) is 32.6 Å². The molecule has 0 bridgehead atoms. The second kappa shape index (κ2) is 6.19. The SMILES string of the molecule is Cc1nn(C)c(C)c1CNC(=O)C(C)n1nc([N+](=O)[O-])cc1C. The van der Waals surface area contributed by atoms with Crippen molar-refractivity contribution in [3.05, 3.63) is 38.8 Å². The van der Waals surface area contributed by atoms with E-state index in [1.807, 2.05) is 20.9 Å². The normalized spacial score (nSPS) is 12.2. The monoisotopic (exact) mass is 320 g/mol. The molecule has 23 heavy (non-hydrogen) atoms. The highest BCUT2D eigenvalue weighted by Crippen LogP contribution is 2.17. The van der Waals surface area contributed by atoms with E-state index in [0.29, 0.717) is 12.2 Å². The summed E-state index contributed by atoms with van der Waals surface area (Å²) in [6.07, 6.45) is 0. The van der Waals surface area contributed by atoms with E-state index in [1.54, 1.807) is 18.5 Å². The third kappa shape index (κ3) is 3.22. The van der Waals surface area contributed by atoms with Crippen LogP contribution in [0.3, 0.4) is 0 Å². The number of aryl methyl sites for hydroxylation is 3. The van der Waals surface area contributed by atoms with Crippen molar-refractivity contribution >= 4 is 11.7 Å². The molecule has 2 heterocycles. The Labute approximate surface area is 133 Å². The number of nitro groups is 1. The quantitative estimate of drug-likeness (QED) is 0.660. The Morgan fingerprint density at radius 2 is 2.04 bits per heavy atom. The highest BCUT2D eigenvalue weighted by Gasteiger charge is 2.24. The summed E-state index contributed by atoms with van der Waals surface area (Å²) in [5.74, 6) is -0.519. The summed E-state index contributed by atoms with van der Waals surface area (Å²) in [4.78, 5) is 22.5. The molecule has 2 aromatic heterocycles. The number of nitrogens with one attached hydrogen (secondary N) is 1. The average Bonchev–Trinajstić information content (AvgIpc) is 2.98. The van der Waals surface area contributed by atoms with Crippen LogP contribution in [0.15, 0.2) is 6.07 Å². The average molecular weight is 320 g/mol. The number of carbonyl (C=O) groups excluding carboxylic acids is 1. The Balaban J connectivity index is 2.10. The predicted molar refractivity (Wildman–Crippen MR) is 82.9 cm³/mol. The first-order valence-corrected chi connectivity index (χ1v) is 7.19. The van der Waals surface area contributed by atoms with E-state index in [-0.39, 0.29) is 11.7 Å². The summed E-state index contributed by atoms with van der Waals surface area (Å²) in [6.45, 7) is 7.52. The van der Waals surface area contributed by atoms with Crippen molar-refractivity contribution in [2.75, 3.05) is 0 Å². The fraction of sp³-hybridized carbons (Fsp3) is 0.500. The van der Waals surface area contributed by atoms with E-state index in [2.05, 4.69) is 15.5 Å². The Hall–Kier alpha value is -2.71. The van der Waals surface area contributed by atoms with Gasteiger partial charge in [0, 0.05) is 24.8 Å². The van der Waals surface area contributed by atoms with Crippen molar-refractivity contribution in [3.63, 3.8) is 0 Å². The van der Waals surface area contributed by atoms with Crippen LogP contribution < -0.4 is 5.32 Å². The van der Waals surface area contributed by atoms with E-state index >= 15 is 0 Å². The Kier molecular flexibility index (Phi) is 4.48. The van der Waals surface area contributed by atoms with Gasteiger partial charge >= 0.3 is 5.82 Å². The zero-order chi connectivity index (χ0) is 17.3. The number of hydrogen-bond acceptors (Lipinski definition) is 5. The van der Waals surface area contributed by atoms with Crippen molar-refractivity contribution in [3.8, 4) is 0 Å². The second-order valence-corrected chi connectivity index (χ2v) is 5.51. The molecule has 0 saturated heterocycles. The minimum atomic E-state index is -0.638. The summed E-state index contributed by atoms with van der Waals surface area (Å²) in [5, 5.41) is 21.8. The van der Waals surface area contributed by atoms with Crippen LogP contribution in [-0.4, -0.2) is 30.4 Å². The number of carbonyl (C=O) groups is 1. The van der Waals surface area contributed by atoms with Crippen molar-refractivity contribution in [1.82, 2.24) is 24.9 Å². The topological polar surface area (TPSA) is 108 Å². The molecule has 1 atom stereocenters. The van der Waals surface area contributed by atoms with E-state index in [9.17, 15) is 14.9 Å². The van der Waals surface area contributed by atoms with Gasteiger partial charge in [0.25, 0.3) is 0 Å². The minimum Gasteiger partial charge on any atom is -0.358 e. The molecule has 2 rings (SSSR count). The number of amides is 1. The van der Waals surface area contributed by atoms with Crippen LogP contribution >= 0.6 is 0 Å². The lowest BCUT2D eigenvalue weighted by Crippen LogP contribution is -2.31. The van der Waals surface area contributed by atoms with Crippen molar-refractivity contribution in [2.45, 2.75) is 40.3 Å². The van der Waals surface area contributed by atoms with E-state index in [1.165, 1.54) is 10.7 Å². The maximum atomic E-state index is 12.3. The molecule has 2 aromatic rings. The maximum absolute atomic E-state index is 12.3. The van der Waals surface area contributed by atoms with E-state index < -0.39 is 11.0 Å². The molecule has 124 valence electrons. The molecular weight excluding hydrogens is 300 g/mol. The van der Waals surface area contributed by atoms with Crippen molar-refractivity contribution < 1.29 is 9.72 Å². The summed E-state index contributed by atoms with van der Waals surface area (Å²) in [7, 11) is 1.85. The van der Waals surface area contributed by atoms with Gasteiger partial charge in [0.1, 0.15) is 6.04 Å². The first kappa shape index (κ1) is 16.7. The van der Waals surface area contributed by atoms with E-state index in [0.717, 1.165) is 17.0 Å². The first-order valence-electron chi connectivity index (χ1n) is 7.19. The molecule has 1 N–H and O–H groups in total. The first-order chi connectivity index (χ1) is 10.7. The Bertz CT molecular complexity index is 761. The van der Waals surface area contributed by atoms with E-state index in [4.69, 9.17) is 0 Å². The minimum absolute atomic E-state index is 0.256. The fourth-order valence-electron chi connectivity index (χ4n) is 2.46. The largest absolute Gasteiger partial charge is 0.390 e. The van der Waals surface area contributed by atoms with Gasteiger partial charge in [0.15, 0.2) is 0 Å². The van der Waals surface area contributed by atoms with Gasteiger partial charge in [-0.3, -0.25) is 9.48 Å². The third-order valence-electron chi connectivity index (χ3n) is 3.94. The predicted octanol–water partition coefficient (Wildman–Crippen LogP) is 1.33. The van der Waals surface area contributed by atoms with Gasteiger partial charge in [0.05, 0.1) is 22.6 Å². The lowest BCUT2D eigenvalue weighted by atomic mass is 10.2. The van der Waals surface area contributed by atoms with Gasteiger partial charge in [-0.2, -0.15) is 9.78 Å². The number of rotatable bonds is 5. The van der Waals surface area contributed by atoms with Crippen molar-refractivity contribution in [1.29, 1.82) is 0 Å². The van der Waals surface area contributed by atoms with Crippen LogP contribution in [0.5, 0.6) is 0 Å². The highest BCUT2D eigenvalue weighted by atomic mass is 16.6. The summed E-state index contributed by atoms with van der Waals surface area (Å²) in [5.41, 5.74) is 3.38. The van der Waals surface area contributed by atoms with Gasteiger partial charge in [-0.15, -0.1) is 0 Å². The van der Waals surface area contributed by atoms with Crippen LogP contribution in [0, 0.1) is 30.9 Å². The van der Waals surface area contributed by atoms with Crippen LogP contribution in [0.4, 0.5) is 5.82 Å². The Morgan fingerprint density at radius 3 is 2.52 bits per heavy atom. The maximum Gasteiger partial charge on any atom is 0.390 e. The molecule has 0 aliphatic rings. The standard InChI is InChI=1S/C14H20N6O3/c1-8-6-13(20(22)23)17-19(8)11(4)14(21)15-7-12-9(2)16-18(5)10(12)3/h6,11H,7H2,1-5H3,(H,15,21). The van der Waals surface area contributed by atoms with Crippen LogP contribution in [0.2, 0.25) is 0 Å². The molecule has 9 nitrogen and oxygen atoms in total. The molecule has 0 saturated carbocycles. The summed E-state index contributed by atoms with van der Waals surface area (Å²) < 4.78 is 3.12. The van der Waals surface area contributed by atoms with Crippen LogP contribution in [0.25, 0.3) is 0 Å². The smallest absolute Gasteiger partial charge is 0.358 e. The fourth-order valence-corrected chi connectivity index (χ4v) is 2.46. The molecule has 0 radical (unpaired) electrons. The lowest BCUT2D eigenvalue weighted by molar-refractivity contribution is -0.389. The molecule has 1 amide bonds. The molecule has 0 aliphatic heterocycles. The molecular formula is C14H20N6O3. The molecule has 0 aromatic carbocycles. The van der Waals surface area contributed by atoms with Gasteiger partial charge in [0.2, 0.25) is 5.91 Å². The number of nitrogens with zero attached hydrogens (tertiary/aromatic N) is 5. The lowest BCUT2D eigenvalue weighted by Gasteiger charge is -2.11. The van der Waals surface area contributed by atoms with Gasteiger partial charge in [-0.25, -0.2) is 0 Å². The van der Waals surface area contributed by atoms with Crippen LogP contribution in [0.1, 0.15) is 35.6 Å². The zero-order valence-electron chi connectivity index (χ0n) is 13.8. The van der Waals surface area contributed by atoms with Gasteiger partial charge in [-0.1, -0.05) is 0 Å². The molecule has 0 aliphatic carbocycles. The Morgan fingerprint density at radius 1 is 1.39 bits per heavy atom. The zero-order valence-corrected chi connectivity index (χ0v) is 13.8. The van der Waals surface area contributed by atoms with Crippen LogP contribution in [-0.2, 0) is 18.4 Å². The molecule has 0 spiro atoms. The summed E-state index contributed by atoms with van der Waals surface area (Å²) in [6, 6.07) is 0.708. The molecule has 1 unspecified atom stereocenters. The number of aromatic nitrogens is 4. The summed E-state index contributed by atoms with van der Waals surface area (Å²) >= 11 is 0. The highest BCUT2D eigenvalue weighted by molar-refractivity contribution is 5.79. The molecule has 0 fully saturated rings. The van der Waals surface area contributed by atoms with Crippen molar-refractivity contribution in [2.24, 2.45) is 7.05 Å². The van der Waals surface area contributed by atoms with Gasteiger partial charge < -0.3 is 15.4 Å². The number of hydrogen-bond donors (Lipinski definition) is 1. The molecule has 9 heteroatoms. The third-order valence-corrected chi connectivity index (χ3v) is 3.94. The second-order valence-electron chi connectivity index (χ2n) is 5.51.